The summed E-state index contributed by atoms with van der Waals surface area (Å²) >= 11 is 0. The van der Waals surface area contributed by atoms with E-state index in [4.69, 9.17) is 0 Å². The average Bonchev–Trinajstić information content (AvgIpc) is 2.36. The van der Waals surface area contributed by atoms with Crippen LogP contribution in [0.25, 0.3) is 0 Å². The predicted octanol–water partition coefficient (Wildman–Crippen LogP) is 1.97. The summed E-state index contributed by atoms with van der Waals surface area (Å²) in [6, 6.07) is 1.49. The van der Waals surface area contributed by atoms with Gasteiger partial charge in [-0.1, -0.05) is 5.16 Å². The minimum absolute atomic E-state index is 0.130. The molecule has 2 nitrogen and oxygen atoms in total. The standard InChI is InChI=1S/C7H7F2NO/c1-6(4-7(6,8)9)5-2-3-10-11-5/h2-3H,4H2,1H3. The van der Waals surface area contributed by atoms with Gasteiger partial charge in [-0.3, -0.25) is 0 Å². The Morgan fingerprint density at radius 2 is 2.27 bits per heavy atom. The number of hydrogen-bond donors (Lipinski definition) is 0. The lowest BCUT2D eigenvalue weighted by atomic mass is 10.1. The zero-order chi connectivity index (χ0) is 8.11. The molecule has 0 amide bonds. The summed E-state index contributed by atoms with van der Waals surface area (Å²) < 4.78 is 30.0. The quantitative estimate of drug-likeness (QED) is 0.626. The molecule has 60 valence electrons. The molecule has 1 heterocycles. The average molecular weight is 159 g/mol. The van der Waals surface area contributed by atoms with Gasteiger partial charge in [0.25, 0.3) is 5.92 Å². The molecule has 0 aromatic carbocycles. The Balaban J connectivity index is 2.33. The van der Waals surface area contributed by atoms with Gasteiger partial charge in [0.1, 0.15) is 5.76 Å². The number of aromatic nitrogens is 1. The van der Waals surface area contributed by atoms with Crippen LogP contribution in [0.4, 0.5) is 8.78 Å². The highest BCUT2D eigenvalue weighted by Crippen LogP contribution is 2.61. The Labute approximate surface area is 62.2 Å². The largest absolute Gasteiger partial charge is 0.361 e. The van der Waals surface area contributed by atoms with E-state index in [0.29, 0.717) is 0 Å². The van der Waals surface area contributed by atoms with Crippen LogP contribution in [0.15, 0.2) is 16.8 Å². The van der Waals surface area contributed by atoms with Gasteiger partial charge in [-0.15, -0.1) is 0 Å². The van der Waals surface area contributed by atoms with Crippen LogP contribution in [-0.2, 0) is 5.41 Å². The van der Waals surface area contributed by atoms with Gasteiger partial charge in [-0.25, -0.2) is 8.78 Å². The Bertz CT molecular complexity index is 270. The summed E-state index contributed by atoms with van der Waals surface area (Å²) in [5.41, 5.74) is -1.09. The molecule has 1 atom stereocenters. The summed E-state index contributed by atoms with van der Waals surface area (Å²) in [6.45, 7) is 1.48. The van der Waals surface area contributed by atoms with Crippen LogP contribution in [-0.4, -0.2) is 11.1 Å². The van der Waals surface area contributed by atoms with Crippen LogP contribution in [0.1, 0.15) is 19.1 Å². The molecule has 1 aliphatic rings. The van der Waals surface area contributed by atoms with E-state index in [1.807, 2.05) is 0 Å². The highest BCUT2D eigenvalue weighted by atomic mass is 19.3. The molecule has 1 fully saturated rings. The summed E-state index contributed by atoms with van der Waals surface area (Å²) in [4.78, 5) is 0. The van der Waals surface area contributed by atoms with Crippen molar-refractivity contribution in [2.24, 2.45) is 0 Å². The lowest BCUT2D eigenvalue weighted by Gasteiger charge is -2.02. The SMILES string of the molecule is CC1(c2ccno2)CC1(F)F. The van der Waals surface area contributed by atoms with Gasteiger partial charge >= 0.3 is 0 Å². The highest BCUT2D eigenvalue weighted by molar-refractivity contribution is 5.28. The van der Waals surface area contributed by atoms with Gasteiger partial charge in [-0.2, -0.15) is 0 Å². The summed E-state index contributed by atoms with van der Waals surface area (Å²) in [7, 11) is 0. The molecule has 0 bridgehead atoms. The maximum absolute atomic E-state index is 12.7. The monoisotopic (exact) mass is 159 g/mol. The minimum atomic E-state index is -2.60. The molecule has 1 aromatic heterocycles. The molecule has 0 N–H and O–H groups in total. The number of halogens is 2. The van der Waals surface area contributed by atoms with Crippen LogP contribution >= 0.6 is 0 Å². The van der Waals surface area contributed by atoms with Crippen LogP contribution in [0.5, 0.6) is 0 Å². The first-order chi connectivity index (χ1) is 5.06. The van der Waals surface area contributed by atoms with Gasteiger partial charge in [0.2, 0.25) is 0 Å². The van der Waals surface area contributed by atoms with Crippen LogP contribution in [0.3, 0.4) is 0 Å². The molecule has 2 rings (SSSR count). The van der Waals surface area contributed by atoms with E-state index >= 15 is 0 Å². The summed E-state index contributed by atoms with van der Waals surface area (Å²) in [6.07, 6.45) is 1.25. The minimum Gasteiger partial charge on any atom is -0.361 e. The Morgan fingerprint density at radius 1 is 1.64 bits per heavy atom. The summed E-state index contributed by atoms with van der Waals surface area (Å²) in [5.74, 6) is -2.32. The lowest BCUT2D eigenvalue weighted by molar-refractivity contribution is 0.0846. The van der Waals surface area contributed by atoms with E-state index in [0.717, 1.165) is 0 Å². The molecule has 0 aliphatic heterocycles. The van der Waals surface area contributed by atoms with Crippen molar-refractivity contribution < 1.29 is 13.3 Å². The normalized spacial score (nSPS) is 33.7. The third kappa shape index (κ3) is 0.721. The molecule has 1 aliphatic carbocycles. The second-order valence-electron chi connectivity index (χ2n) is 3.09. The molecule has 0 radical (unpaired) electrons. The number of hydrogen-bond acceptors (Lipinski definition) is 2. The van der Waals surface area contributed by atoms with Gasteiger partial charge in [0, 0.05) is 12.5 Å². The van der Waals surface area contributed by atoms with Gasteiger partial charge < -0.3 is 4.52 Å². The molecule has 4 heteroatoms. The van der Waals surface area contributed by atoms with Crippen LogP contribution < -0.4 is 0 Å². The molecular weight excluding hydrogens is 152 g/mol. The fraction of sp³-hybridized carbons (Fsp3) is 0.571. The molecule has 0 saturated heterocycles. The molecule has 0 spiro atoms. The van der Waals surface area contributed by atoms with E-state index in [-0.39, 0.29) is 12.2 Å². The van der Waals surface area contributed by atoms with Crippen molar-refractivity contribution in [2.45, 2.75) is 24.7 Å². The zero-order valence-electron chi connectivity index (χ0n) is 5.97. The maximum Gasteiger partial charge on any atom is 0.261 e. The van der Waals surface area contributed by atoms with Crippen molar-refractivity contribution in [3.05, 3.63) is 18.0 Å². The zero-order valence-corrected chi connectivity index (χ0v) is 5.97. The van der Waals surface area contributed by atoms with Gasteiger partial charge in [-0.05, 0) is 6.92 Å². The van der Waals surface area contributed by atoms with Crippen molar-refractivity contribution in [3.63, 3.8) is 0 Å². The lowest BCUT2D eigenvalue weighted by Crippen LogP contribution is -2.10. The molecular formula is C7H7F2NO. The van der Waals surface area contributed by atoms with E-state index in [1.165, 1.54) is 19.2 Å². The van der Waals surface area contributed by atoms with Gasteiger partial charge in [0.15, 0.2) is 0 Å². The van der Waals surface area contributed by atoms with Crippen molar-refractivity contribution >= 4 is 0 Å². The second kappa shape index (κ2) is 1.62. The highest BCUT2D eigenvalue weighted by Gasteiger charge is 2.70. The van der Waals surface area contributed by atoms with Crippen molar-refractivity contribution in [1.82, 2.24) is 5.16 Å². The maximum atomic E-state index is 12.7. The van der Waals surface area contributed by atoms with Gasteiger partial charge in [0.05, 0.1) is 11.6 Å². The molecule has 1 unspecified atom stereocenters. The predicted molar refractivity (Wildman–Crippen MR) is 33.4 cm³/mol. The first-order valence-corrected chi connectivity index (χ1v) is 3.35. The summed E-state index contributed by atoms with van der Waals surface area (Å²) in [5, 5.41) is 3.39. The molecule has 1 saturated carbocycles. The van der Waals surface area contributed by atoms with E-state index in [1.54, 1.807) is 0 Å². The Kier molecular flexibility index (Phi) is 0.998. The van der Waals surface area contributed by atoms with E-state index in [2.05, 4.69) is 9.68 Å². The van der Waals surface area contributed by atoms with Crippen LogP contribution in [0, 0.1) is 0 Å². The van der Waals surface area contributed by atoms with E-state index in [9.17, 15) is 8.78 Å². The first kappa shape index (κ1) is 6.76. The second-order valence-corrected chi connectivity index (χ2v) is 3.09. The van der Waals surface area contributed by atoms with Crippen LogP contribution in [0.2, 0.25) is 0 Å². The number of nitrogens with zero attached hydrogens (tertiary/aromatic N) is 1. The Hall–Kier alpha value is -0.930. The van der Waals surface area contributed by atoms with Crippen molar-refractivity contribution in [1.29, 1.82) is 0 Å². The smallest absolute Gasteiger partial charge is 0.261 e. The third-order valence-electron chi connectivity index (χ3n) is 2.24. The van der Waals surface area contributed by atoms with E-state index < -0.39 is 11.3 Å². The van der Waals surface area contributed by atoms with Crippen molar-refractivity contribution in [2.75, 3.05) is 0 Å². The first-order valence-electron chi connectivity index (χ1n) is 3.35. The molecule has 1 aromatic rings. The number of rotatable bonds is 1. The fourth-order valence-corrected chi connectivity index (χ4v) is 1.17. The number of alkyl halides is 2. The Morgan fingerprint density at radius 3 is 2.64 bits per heavy atom. The van der Waals surface area contributed by atoms with Crippen molar-refractivity contribution in [3.8, 4) is 0 Å². The molecule has 11 heavy (non-hydrogen) atoms. The third-order valence-corrected chi connectivity index (χ3v) is 2.24. The topological polar surface area (TPSA) is 26.0 Å². The fourth-order valence-electron chi connectivity index (χ4n) is 1.17.